The summed E-state index contributed by atoms with van der Waals surface area (Å²) in [5.74, 6) is -1.71. The molecule has 8 nitrogen and oxygen atoms in total. The van der Waals surface area contributed by atoms with Crippen LogP contribution in [0.3, 0.4) is 0 Å². The maximum Gasteiger partial charge on any atom is 0.303 e. The van der Waals surface area contributed by atoms with Crippen LogP contribution in [0, 0.1) is 0 Å². The van der Waals surface area contributed by atoms with Gasteiger partial charge in [-0.1, -0.05) is 0 Å². The normalized spacial score (nSPS) is 18.2. The summed E-state index contributed by atoms with van der Waals surface area (Å²) >= 11 is 0. The molecule has 0 aromatic rings. The van der Waals surface area contributed by atoms with Crippen molar-refractivity contribution in [3.63, 3.8) is 0 Å². The van der Waals surface area contributed by atoms with Crippen LogP contribution in [-0.4, -0.2) is 66.2 Å². The van der Waals surface area contributed by atoms with Crippen molar-refractivity contribution in [1.29, 1.82) is 0 Å². The number of carbonyl (C=O) groups is 3. The van der Waals surface area contributed by atoms with Gasteiger partial charge in [0, 0.05) is 19.5 Å². The molecule has 1 rings (SSSR count). The zero-order valence-electron chi connectivity index (χ0n) is 11.5. The SMILES string of the molecule is CC(NC(=O)C(N)CCC(=O)O)C(=O)N1CCOCC1. The standard InChI is InChI=1S/C12H21N3O5/c1-8(12(19)15-4-6-20-7-5-15)14-11(18)9(13)2-3-10(16)17/h8-9H,2-7,13H2,1H3,(H,14,18)(H,16,17). The minimum absolute atomic E-state index is 0.0413. The van der Waals surface area contributed by atoms with E-state index in [-0.39, 0.29) is 18.7 Å². The Bertz CT molecular complexity index is 368. The lowest BCUT2D eigenvalue weighted by Gasteiger charge is -2.29. The summed E-state index contributed by atoms with van der Waals surface area (Å²) in [7, 11) is 0. The molecular weight excluding hydrogens is 266 g/mol. The van der Waals surface area contributed by atoms with Gasteiger partial charge in [0.15, 0.2) is 0 Å². The maximum atomic E-state index is 12.0. The molecule has 0 saturated carbocycles. The van der Waals surface area contributed by atoms with E-state index in [1.54, 1.807) is 11.8 Å². The van der Waals surface area contributed by atoms with Crippen LogP contribution in [0.15, 0.2) is 0 Å². The first-order valence-electron chi connectivity index (χ1n) is 6.56. The van der Waals surface area contributed by atoms with Crippen molar-refractivity contribution in [1.82, 2.24) is 10.2 Å². The lowest BCUT2D eigenvalue weighted by atomic mass is 10.1. The molecule has 0 bridgehead atoms. The molecule has 4 N–H and O–H groups in total. The predicted octanol–water partition coefficient (Wildman–Crippen LogP) is -1.46. The zero-order valence-corrected chi connectivity index (χ0v) is 11.5. The van der Waals surface area contributed by atoms with Crippen molar-refractivity contribution >= 4 is 17.8 Å². The van der Waals surface area contributed by atoms with E-state index in [1.807, 2.05) is 0 Å². The molecule has 0 aliphatic carbocycles. The number of nitrogens with two attached hydrogens (primary N) is 1. The Morgan fingerprint density at radius 3 is 2.50 bits per heavy atom. The number of hydrogen-bond donors (Lipinski definition) is 3. The van der Waals surface area contributed by atoms with E-state index in [0.717, 1.165) is 0 Å². The van der Waals surface area contributed by atoms with Crippen molar-refractivity contribution < 1.29 is 24.2 Å². The average Bonchev–Trinajstić information content (AvgIpc) is 2.44. The third kappa shape index (κ3) is 5.14. The van der Waals surface area contributed by atoms with Gasteiger partial charge in [-0.05, 0) is 13.3 Å². The number of amides is 2. The summed E-state index contributed by atoms with van der Waals surface area (Å²) in [5.41, 5.74) is 5.57. The molecule has 1 aliphatic heterocycles. The number of aliphatic carboxylic acids is 1. The molecular formula is C12H21N3O5. The third-order valence-corrected chi connectivity index (χ3v) is 3.06. The molecule has 1 fully saturated rings. The summed E-state index contributed by atoms with van der Waals surface area (Å²) < 4.78 is 5.15. The minimum Gasteiger partial charge on any atom is -0.481 e. The highest BCUT2D eigenvalue weighted by atomic mass is 16.5. The lowest BCUT2D eigenvalue weighted by molar-refractivity contribution is -0.140. The quantitative estimate of drug-likeness (QED) is 0.549. The van der Waals surface area contributed by atoms with Crippen LogP contribution in [0.1, 0.15) is 19.8 Å². The predicted molar refractivity (Wildman–Crippen MR) is 69.8 cm³/mol. The van der Waals surface area contributed by atoms with Gasteiger partial charge in [0.1, 0.15) is 6.04 Å². The van der Waals surface area contributed by atoms with E-state index in [2.05, 4.69) is 5.32 Å². The Labute approximate surface area is 117 Å². The van der Waals surface area contributed by atoms with E-state index in [1.165, 1.54) is 0 Å². The van der Waals surface area contributed by atoms with Crippen molar-refractivity contribution in [2.45, 2.75) is 31.8 Å². The number of nitrogens with zero attached hydrogens (tertiary/aromatic N) is 1. The van der Waals surface area contributed by atoms with Gasteiger partial charge >= 0.3 is 5.97 Å². The molecule has 0 spiro atoms. The molecule has 0 radical (unpaired) electrons. The van der Waals surface area contributed by atoms with Crippen LogP contribution in [0.4, 0.5) is 0 Å². The first-order chi connectivity index (χ1) is 9.41. The summed E-state index contributed by atoms with van der Waals surface area (Å²) in [6.45, 7) is 3.57. The summed E-state index contributed by atoms with van der Waals surface area (Å²) in [6.07, 6.45) is -0.139. The van der Waals surface area contributed by atoms with Gasteiger partial charge in [-0.15, -0.1) is 0 Å². The number of morpholine rings is 1. The lowest BCUT2D eigenvalue weighted by Crippen LogP contribution is -2.53. The third-order valence-electron chi connectivity index (χ3n) is 3.06. The Hall–Kier alpha value is -1.67. The van der Waals surface area contributed by atoms with Gasteiger partial charge in [0.05, 0.1) is 19.3 Å². The average molecular weight is 287 g/mol. The maximum absolute atomic E-state index is 12.0. The largest absolute Gasteiger partial charge is 0.481 e. The van der Waals surface area contributed by atoms with E-state index < -0.39 is 24.0 Å². The number of hydrogen-bond acceptors (Lipinski definition) is 5. The fourth-order valence-electron chi connectivity index (χ4n) is 1.85. The summed E-state index contributed by atoms with van der Waals surface area (Å²) in [4.78, 5) is 35.8. The van der Waals surface area contributed by atoms with E-state index in [4.69, 9.17) is 15.6 Å². The Morgan fingerprint density at radius 1 is 1.35 bits per heavy atom. The molecule has 20 heavy (non-hydrogen) atoms. The molecule has 0 aromatic carbocycles. The Balaban J connectivity index is 2.39. The number of rotatable bonds is 6. The van der Waals surface area contributed by atoms with E-state index in [9.17, 15) is 14.4 Å². The van der Waals surface area contributed by atoms with Gasteiger partial charge in [0.2, 0.25) is 11.8 Å². The molecule has 1 heterocycles. The minimum atomic E-state index is -1.01. The van der Waals surface area contributed by atoms with Crippen molar-refractivity contribution in [3.8, 4) is 0 Å². The molecule has 0 aromatic heterocycles. The second-order valence-corrected chi connectivity index (χ2v) is 4.71. The highest BCUT2D eigenvalue weighted by Gasteiger charge is 2.25. The van der Waals surface area contributed by atoms with Gasteiger partial charge in [-0.2, -0.15) is 0 Å². The van der Waals surface area contributed by atoms with Crippen LogP contribution in [0.2, 0.25) is 0 Å². The Morgan fingerprint density at radius 2 is 1.95 bits per heavy atom. The van der Waals surface area contributed by atoms with Crippen molar-refractivity contribution in [2.75, 3.05) is 26.3 Å². The van der Waals surface area contributed by atoms with Crippen LogP contribution in [-0.2, 0) is 19.1 Å². The van der Waals surface area contributed by atoms with Crippen LogP contribution in [0.5, 0.6) is 0 Å². The van der Waals surface area contributed by atoms with Crippen LogP contribution in [0.25, 0.3) is 0 Å². The number of carboxylic acids is 1. The summed E-state index contributed by atoms with van der Waals surface area (Å²) in [5, 5.41) is 11.0. The van der Waals surface area contributed by atoms with Crippen molar-refractivity contribution in [2.24, 2.45) is 5.73 Å². The molecule has 8 heteroatoms. The summed E-state index contributed by atoms with van der Waals surface area (Å²) in [6, 6.07) is -1.61. The zero-order chi connectivity index (χ0) is 15.1. The van der Waals surface area contributed by atoms with E-state index in [0.29, 0.717) is 26.3 Å². The van der Waals surface area contributed by atoms with Gasteiger partial charge in [0.25, 0.3) is 0 Å². The number of carboxylic acid groups (broad SMARTS) is 1. The number of carbonyl (C=O) groups excluding carboxylic acids is 2. The topological polar surface area (TPSA) is 122 Å². The first-order valence-corrected chi connectivity index (χ1v) is 6.56. The highest BCUT2D eigenvalue weighted by molar-refractivity contribution is 5.89. The fraction of sp³-hybridized carbons (Fsp3) is 0.750. The highest BCUT2D eigenvalue weighted by Crippen LogP contribution is 2.02. The molecule has 2 atom stereocenters. The first kappa shape index (κ1) is 16.4. The number of ether oxygens (including phenoxy) is 1. The van der Waals surface area contributed by atoms with Crippen molar-refractivity contribution in [3.05, 3.63) is 0 Å². The molecule has 114 valence electrons. The van der Waals surface area contributed by atoms with Crippen LogP contribution >= 0.6 is 0 Å². The Kier molecular flexibility index (Phi) is 6.40. The second kappa shape index (κ2) is 7.81. The molecule has 2 unspecified atom stereocenters. The monoisotopic (exact) mass is 287 g/mol. The van der Waals surface area contributed by atoms with Gasteiger partial charge in [-0.25, -0.2) is 0 Å². The van der Waals surface area contributed by atoms with Gasteiger partial charge < -0.3 is 25.8 Å². The van der Waals surface area contributed by atoms with E-state index >= 15 is 0 Å². The number of nitrogens with one attached hydrogen (secondary N) is 1. The second-order valence-electron chi connectivity index (χ2n) is 4.71. The smallest absolute Gasteiger partial charge is 0.303 e. The van der Waals surface area contributed by atoms with Gasteiger partial charge in [-0.3, -0.25) is 14.4 Å². The molecule has 1 saturated heterocycles. The van der Waals surface area contributed by atoms with Crippen LogP contribution < -0.4 is 11.1 Å². The molecule has 2 amide bonds. The molecule has 1 aliphatic rings. The fourth-order valence-corrected chi connectivity index (χ4v) is 1.85.